The number of nitrogens with zero attached hydrogens (tertiary/aromatic N) is 2. The summed E-state index contributed by atoms with van der Waals surface area (Å²) in [5.41, 5.74) is 1.71. The van der Waals surface area contributed by atoms with Gasteiger partial charge >= 0.3 is 12.1 Å². The van der Waals surface area contributed by atoms with Crippen LogP contribution < -0.4 is 9.64 Å². The number of carbonyl (C=O) groups excluding carboxylic acids is 1. The monoisotopic (exact) mass is 468 g/mol. The fourth-order valence-corrected chi connectivity index (χ4v) is 3.30. The Morgan fingerprint density at radius 2 is 1.77 bits per heavy atom. The number of aromatic nitrogens is 1. The number of hydrogen-bond donors (Lipinski definition) is 0. The Morgan fingerprint density at radius 3 is 2.45 bits per heavy atom. The van der Waals surface area contributed by atoms with Crippen molar-refractivity contribution in [3.8, 4) is 5.75 Å². The predicted octanol–water partition coefficient (Wildman–Crippen LogP) is 6.81. The molecular formula is C22H17Cl2F3N2O2. The standard InChI is InChI=1S/C22H17Cl2F3N2O2/c1-13-9-14(2)28-19(10-13)29(21(30)22(25,26)27)16-6-3-5-15(11-16)12-31-18-8-4-7-17(23)20(18)24/h3-11H,12H2,1-2H3. The zero-order chi connectivity index (χ0) is 22.8. The van der Waals surface area contributed by atoms with Crippen LogP contribution in [0.5, 0.6) is 5.75 Å². The second-order valence-electron chi connectivity index (χ2n) is 6.79. The highest BCUT2D eigenvalue weighted by molar-refractivity contribution is 6.42. The smallest absolute Gasteiger partial charge is 0.472 e. The second kappa shape index (κ2) is 9.16. The van der Waals surface area contributed by atoms with Gasteiger partial charge in [-0.05, 0) is 61.4 Å². The van der Waals surface area contributed by atoms with Gasteiger partial charge in [-0.15, -0.1) is 0 Å². The minimum atomic E-state index is -5.08. The average molecular weight is 469 g/mol. The van der Waals surface area contributed by atoms with Crippen LogP contribution >= 0.6 is 23.2 Å². The molecule has 0 bridgehead atoms. The lowest BCUT2D eigenvalue weighted by Gasteiger charge is -2.24. The van der Waals surface area contributed by atoms with Crippen LogP contribution in [0.1, 0.15) is 16.8 Å². The molecule has 2 aromatic carbocycles. The first kappa shape index (κ1) is 22.9. The van der Waals surface area contributed by atoms with Crippen LogP contribution in [0.15, 0.2) is 54.6 Å². The number of amides is 1. The number of alkyl halides is 3. The summed E-state index contributed by atoms with van der Waals surface area (Å²) in [4.78, 5) is 16.9. The molecule has 4 nitrogen and oxygen atoms in total. The summed E-state index contributed by atoms with van der Waals surface area (Å²) in [6.07, 6.45) is -5.08. The molecule has 162 valence electrons. The van der Waals surface area contributed by atoms with Gasteiger partial charge in [0.05, 0.1) is 10.7 Å². The Hall–Kier alpha value is -2.77. The van der Waals surface area contributed by atoms with Crippen LogP contribution in [0.3, 0.4) is 0 Å². The van der Waals surface area contributed by atoms with E-state index < -0.39 is 12.1 Å². The molecule has 1 aromatic heterocycles. The zero-order valence-corrected chi connectivity index (χ0v) is 18.0. The highest BCUT2D eigenvalue weighted by Crippen LogP contribution is 2.33. The molecule has 1 amide bonds. The lowest BCUT2D eigenvalue weighted by molar-refractivity contribution is -0.169. The third-order valence-corrected chi connectivity index (χ3v) is 5.04. The molecule has 0 aliphatic carbocycles. The lowest BCUT2D eigenvalue weighted by atomic mass is 10.1. The first-order chi connectivity index (χ1) is 14.6. The second-order valence-corrected chi connectivity index (χ2v) is 7.58. The van der Waals surface area contributed by atoms with Crippen molar-refractivity contribution in [3.05, 3.63) is 81.5 Å². The molecule has 0 fully saturated rings. The fraction of sp³-hybridized carbons (Fsp3) is 0.182. The van der Waals surface area contributed by atoms with Gasteiger partial charge in [-0.1, -0.05) is 41.4 Å². The topological polar surface area (TPSA) is 42.4 Å². The molecule has 31 heavy (non-hydrogen) atoms. The largest absolute Gasteiger partial charge is 0.487 e. The maximum Gasteiger partial charge on any atom is 0.472 e. The summed E-state index contributed by atoms with van der Waals surface area (Å²) in [6.45, 7) is 3.36. The number of aryl methyl sites for hydroxylation is 2. The van der Waals surface area contributed by atoms with Crippen LogP contribution in [0.4, 0.5) is 24.7 Å². The van der Waals surface area contributed by atoms with Crippen molar-refractivity contribution >= 4 is 40.6 Å². The van der Waals surface area contributed by atoms with E-state index in [1.807, 2.05) is 0 Å². The van der Waals surface area contributed by atoms with Gasteiger partial charge in [0, 0.05) is 5.69 Å². The summed E-state index contributed by atoms with van der Waals surface area (Å²) in [5, 5.41) is 0.546. The lowest BCUT2D eigenvalue weighted by Crippen LogP contribution is -2.38. The average Bonchev–Trinajstić information content (AvgIpc) is 2.68. The molecule has 0 atom stereocenters. The van der Waals surface area contributed by atoms with Gasteiger partial charge in [-0.25, -0.2) is 4.98 Å². The molecular weight excluding hydrogens is 452 g/mol. The Balaban J connectivity index is 1.96. The third kappa shape index (κ3) is 5.48. The summed E-state index contributed by atoms with van der Waals surface area (Å²) in [6, 6.07) is 14.0. The normalized spacial score (nSPS) is 11.3. The highest BCUT2D eigenvalue weighted by Gasteiger charge is 2.44. The van der Waals surface area contributed by atoms with Crippen LogP contribution in [0, 0.1) is 13.8 Å². The first-order valence-electron chi connectivity index (χ1n) is 9.08. The number of rotatable bonds is 5. The minimum absolute atomic E-state index is 0.00221. The van der Waals surface area contributed by atoms with Gasteiger partial charge in [-0.3, -0.25) is 9.69 Å². The molecule has 0 unspecified atom stereocenters. The van der Waals surface area contributed by atoms with Crippen LogP contribution in [-0.2, 0) is 11.4 Å². The minimum Gasteiger partial charge on any atom is -0.487 e. The van der Waals surface area contributed by atoms with Gasteiger partial charge in [0.2, 0.25) is 0 Å². The number of hydrogen-bond acceptors (Lipinski definition) is 3. The van der Waals surface area contributed by atoms with E-state index in [0.29, 0.717) is 32.5 Å². The van der Waals surface area contributed by atoms with E-state index >= 15 is 0 Å². The van der Waals surface area contributed by atoms with E-state index in [4.69, 9.17) is 27.9 Å². The molecule has 0 saturated heterocycles. The van der Waals surface area contributed by atoms with Crippen LogP contribution in [-0.4, -0.2) is 17.1 Å². The molecule has 0 aliphatic rings. The van der Waals surface area contributed by atoms with E-state index in [0.717, 1.165) is 0 Å². The molecule has 3 aromatic rings. The summed E-state index contributed by atoms with van der Waals surface area (Å²) in [5.74, 6) is -1.82. The number of pyridine rings is 1. The molecule has 0 spiro atoms. The van der Waals surface area contributed by atoms with Crippen LogP contribution in [0.2, 0.25) is 10.0 Å². The summed E-state index contributed by atoms with van der Waals surface area (Å²) >= 11 is 12.1. The van der Waals surface area contributed by atoms with Crippen LogP contribution in [0.25, 0.3) is 0 Å². The number of carbonyl (C=O) groups is 1. The maximum absolute atomic E-state index is 13.4. The number of halogens is 5. The van der Waals surface area contributed by atoms with Gasteiger partial charge in [0.25, 0.3) is 0 Å². The predicted molar refractivity (Wildman–Crippen MR) is 114 cm³/mol. The van der Waals surface area contributed by atoms with E-state index in [1.165, 1.54) is 24.3 Å². The molecule has 0 aliphatic heterocycles. The van der Waals surface area contributed by atoms with Crippen molar-refractivity contribution in [2.75, 3.05) is 4.90 Å². The number of anilines is 2. The van der Waals surface area contributed by atoms with Gasteiger partial charge in [0.1, 0.15) is 23.2 Å². The van der Waals surface area contributed by atoms with Crippen molar-refractivity contribution in [2.45, 2.75) is 26.6 Å². The Bertz CT molecular complexity index is 1100. The molecule has 0 radical (unpaired) electrons. The van der Waals surface area contributed by atoms with Gasteiger partial charge in [-0.2, -0.15) is 13.2 Å². The number of ether oxygens (including phenoxy) is 1. The zero-order valence-electron chi connectivity index (χ0n) is 16.5. The van der Waals surface area contributed by atoms with E-state index in [1.54, 1.807) is 44.2 Å². The third-order valence-electron chi connectivity index (χ3n) is 4.24. The quantitative estimate of drug-likeness (QED) is 0.412. The first-order valence-corrected chi connectivity index (χ1v) is 9.84. The van der Waals surface area contributed by atoms with E-state index in [9.17, 15) is 18.0 Å². The van der Waals surface area contributed by atoms with Gasteiger partial charge in [0.15, 0.2) is 0 Å². The van der Waals surface area contributed by atoms with Crippen molar-refractivity contribution in [1.82, 2.24) is 4.98 Å². The fourth-order valence-electron chi connectivity index (χ4n) is 2.96. The summed E-state index contributed by atoms with van der Waals surface area (Å²) < 4.78 is 45.7. The molecule has 1 heterocycles. The molecule has 9 heteroatoms. The van der Waals surface area contributed by atoms with E-state index in [2.05, 4.69) is 4.98 Å². The van der Waals surface area contributed by atoms with Crippen molar-refractivity contribution in [3.63, 3.8) is 0 Å². The SMILES string of the molecule is Cc1cc(C)nc(N(C(=O)C(F)(F)F)c2cccc(COc3cccc(Cl)c3Cl)c2)c1. The molecule has 0 N–H and O–H groups in total. The maximum atomic E-state index is 13.4. The van der Waals surface area contributed by atoms with Crippen molar-refractivity contribution in [2.24, 2.45) is 0 Å². The molecule has 3 rings (SSSR count). The molecule has 0 saturated carbocycles. The van der Waals surface area contributed by atoms with Crippen molar-refractivity contribution in [1.29, 1.82) is 0 Å². The van der Waals surface area contributed by atoms with Crippen molar-refractivity contribution < 1.29 is 22.7 Å². The van der Waals surface area contributed by atoms with Gasteiger partial charge < -0.3 is 4.74 Å². The Labute approximate surface area is 187 Å². The Kier molecular flexibility index (Phi) is 6.77. The Morgan fingerprint density at radius 1 is 1.06 bits per heavy atom. The number of benzene rings is 2. The highest BCUT2D eigenvalue weighted by atomic mass is 35.5. The van der Waals surface area contributed by atoms with E-state index in [-0.39, 0.29) is 23.1 Å². The summed E-state index contributed by atoms with van der Waals surface area (Å²) in [7, 11) is 0.